The lowest BCUT2D eigenvalue weighted by Crippen LogP contribution is -2.48. The van der Waals surface area contributed by atoms with Gasteiger partial charge < -0.3 is 14.8 Å². The number of ether oxygens (including phenoxy) is 2. The van der Waals surface area contributed by atoms with E-state index in [1.807, 2.05) is 20.8 Å². The predicted molar refractivity (Wildman–Crippen MR) is 134 cm³/mol. The van der Waals surface area contributed by atoms with E-state index in [-0.39, 0.29) is 40.7 Å². The molecule has 36 heavy (non-hydrogen) atoms. The van der Waals surface area contributed by atoms with E-state index in [0.717, 1.165) is 16.4 Å². The smallest absolute Gasteiger partial charge is 0.412 e. The van der Waals surface area contributed by atoms with Crippen LogP contribution in [0.2, 0.25) is 0 Å². The molecule has 11 heteroatoms. The van der Waals surface area contributed by atoms with Gasteiger partial charge in [-0.05, 0) is 56.3 Å². The highest BCUT2D eigenvalue weighted by molar-refractivity contribution is 7.92. The third-order valence-electron chi connectivity index (χ3n) is 6.27. The Morgan fingerprint density at radius 2 is 1.75 bits per heavy atom. The van der Waals surface area contributed by atoms with Gasteiger partial charge in [0.25, 0.3) is 10.0 Å². The van der Waals surface area contributed by atoms with Gasteiger partial charge in [-0.15, -0.1) is 0 Å². The second-order valence-corrected chi connectivity index (χ2v) is 12.0. The van der Waals surface area contributed by atoms with E-state index in [9.17, 15) is 22.4 Å². The number of halogens is 1. The third-order valence-corrected chi connectivity index (χ3v) is 8.07. The average molecular weight is 522 g/mol. The first-order chi connectivity index (χ1) is 16.6. The Hall–Kier alpha value is -3.34. The van der Waals surface area contributed by atoms with Crippen LogP contribution < -0.4 is 19.7 Å². The summed E-state index contributed by atoms with van der Waals surface area (Å²) in [6.45, 7) is 10.8. The largest absolute Gasteiger partial charge is 0.484 e. The van der Waals surface area contributed by atoms with E-state index in [2.05, 4.69) is 10.6 Å². The van der Waals surface area contributed by atoms with Crippen LogP contribution in [0.25, 0.3) is 0 Å². The minimum atomic E-state index is -4.13. The van der Waals surface area contributed by atoms with E-state index in [0.29, 0.717) is 5.69 Å². The van der Waals surface area contributed by atoms with Gasteiger partial charge in [0.1, 0.15) is 23.3 Å². The Morgan fingerprint density at radius 1 is 1.11 bits per heavy atom. The maximum Gasteiger partial charge on any atom is 0.412 e. The average Bonchev–Trinajstić information content (AvgIpc) is 2.76. The van der Waals surface area contributed by atoms with Gasteiger partial charge in [0.15, 0.2) is 0 Å². The summed E-state index contributed by atoms with van der Waals surface area (Å²) < 4.78 is 53.1. The number of amides is 2. The minimum absolute atomic E-state index is 0.0818. The maximum absolute atomic E-state index is 13.5. The van der Waals surface area contributed by atoms with Crippen molar-refractivity contribution < 1.29 is 31.9 Å². The van der Waals surface area contributed by atoms with Crippen molar-refractivity contribution in [3.63, 3.8) is 0 Å². The third kappa shape index (κ3) is 6.07. The van der Waals surface area contributed by atoms with E-state index >= 15 is 0 Å². The van der Waals surface area contributed by atoms with Gasteiger partial charge in [-0.25, -0.2) is 17.6 Å². The zero-order valence-electron chi connectivity index (χ0n) is 21.2. The molecule has 2 aromatic carbocycles. The summed E-state index contributed by atoms with van der Waals surface area (Å²) in [5.74, 6) is -0.604. The molecule has 2 N–H and O–H groups in total. The Kier molecular flexibility index (Phi) is 7.54. The molecule has 2 aromatic rings. The van der Waals surface area contributed by atoms with Gasteiger partial charge >= 0.3 is 6.09 Å². The highest BCUT2D eigenvalue weighted by atomic mass is 32.2. The van der Waals surface area contributed by atoms with E-state index < -0.39 is 33.6 Å². The molecule has 0 aromatic heterocycles. The lowest BCUT2D eigenvalue weighted by Gasteiger charge is -2.38. The molecule has 1 aliphatic rings. The highest BCUT2D eigenvalue weighted by Gasteiger charge is 2.37. The number of fused-ring (bicyclic) bond motifs is 1. The van der Waals surface area contributed by atoms with Crippen molar-refractivity contribution in [2.45, 2.75) is 58.1 Å². The topological polar surface area (TPSA) is 114 Å². The van der Waals surface area contributed by atoms with Crippen molar-refractivity contribution in [3.05, 3.63) is 48.3 Å². The van der Waals surface area contributed by atoms with Gasteiger partial charge in [-0.3, -0.25) is 14.4 Å². The number of nitrogens with zero attached hydrogens (tertiary/aromatic N) is 1. The number of benzene rings is 2. The molecule has 196 valence electrons. The summed E-state index contributed by atoms with van der Waals surface area (Å²) in [4.78, 5) is 23.9. The summed E-state index contributed by atoms with van der Waals surface area (Å²) in [5, 5.41) is 5.27. The van der Waals surface area contributed by atoms with Crippen LogP contribution in [-0.2, 0) is 19.6 Å². The maximum atomic E-state index is 13.5. The second kappa shape index (κ2) is 9.96. The lowest BCUT2D eigenvalue weighted by atomic mass is 9.79. The number of sulfonamides is 1. The highest BCUT2D eigenvalue weighted by Crippen LogP contribution is 2.39. The molecule has 2 amide bonds. The van der Waals surface area contributed by atoms with Crippen LogP contribution in [0, 0.1) is 11.2 Å². The molecule has 0 aliphatic carbocycles. The van der Waals surface area contributed by atoms with Crippen LogP contribution in [0.5, 0.6) is 5.75 Å². The zero-order valence-corrected chi connectivity index (χ0v) is 22.0. The van der Waals surface area contributed by atoms with Crippen molar-refractivity contribution in [1.29, 1.82) is 0 Å². The number of hydrogen-bond donors (Lipinski definition) is 2. The molecule has 1 unspecified atom stereocenters. The van der Waals surface area contributed by atoms with Crippen LogP contribution >= 0.6 is 0 Å². The van der Waals surface area contributed by atoms with E-state index in [1.165, 1.54) is 31.2 Å². The van der Waals surface area contributed by atoms with Crippen molar-refractivity contribution in [3.8, 4) is 5.75 Å². The molecule has 0 bridgehead atoms. The van der Waals surface area contributed by atoms with Crippen LogP contribution in [-0.4, -0.2) is 45.2 Å². The monoisotopic (exact) mass is 521 g/mol. The summed E-state index contributed by atoms with van der Waals surface area (Å²) in [7, 11) is -4.13. The van der Waals surface area contributed by atoms with Crippen LogP contribution in [0.4, 0.5) is 20.6 Å². The first-order valence-corrected chi connectivity index (χ1v) is 12.9. The molecule has 9 nitrogen and oxygen atoms in total. The fraction of sp³-hybridized carbons (Fsp3) is 0.440. The molecule has 0 radical (unpaired) electrons. The molecule has 1 atom stereocenters. The molecular formula is C25H32FN3O6S. The van der Waals surface area contributed by atoms with Gasteiger partial charge in [-0.2, -0.15) is 0 Å². The minimum Gasteiger partial charge on any atom is -0.484 e. The second-order valence-electron chi connectivity index (χ2n) is 10.1. The first kappa shape index (κ1) is 27.3. The molecule has 0 saturated carbocycles. The van der Waals surface area contributed by atoms with Crippen molar-refractivity contribution in [1.82, 2.24) is 5.32 Å². The first-order valence-electron chi connectivity index (χ1n) is 11.4. The van der Waals surface area contributed by atoms with Gasteiger partial charge in [0.2, 0.25) is 5.91 Å². The Bertz CT molecular complexity index is 1240. The van der Waals surface area contributed by atoms with Crippen LogP contribution in [0.3, 0.4) is 0 Å². The number of hydrogen-bond acceptors (Lipinski definition) is 6. The number of anilines is 2. The molecule has 0 saturated heterocycles. The van der Waals surface area contributed by atoms with Crippen LogP contribution in [0.1, 0.15) is 41.5 Å². The molecule has 1 heterocycles. The summed E-state index contributed by atoms with van der Waals surface area (Å²) in [6, 6.07) is 9.05. The van der Waals surface area contributed by atoms with E-state index in [1.54, 1.807) is 19.9 Å². The Balaban J connectivity index is 1.95. The normalized spacial score (nSPS) is 16.0. The molecule has 0 fully saturated rings. The predicted octanol–water partition coefficient (Wildman–Crippen LogP) is 4.29. The number of carbonyl (C=O) groups is 2. The van der Waals surface area contributed by atoms with Crippen molar-refractivity contribution in [2.24, 2.45) is 5.41 Å². The van der Waals surface area contributed by atoms with Gasteiger partial charge in [0.05, 0.1) is 23.7 Å². The zero-order chi connectivity index (χ0) is 26.9. The van der Waals surface area contributed by atoms with Crippen molar-refractivity contribution in [2.75, 3.05) is 22.7 Å². The molecular weight excluding hydrogens is 489 g/mol. The summed E-state index contributed by atoms with van der Waals surface area (Å²) in [6.07, 6.45) is -1.36. The molecule has 1 aliphatic heterocycles. The summed E-state index contributed by atoms with van der Waals surface area (Å²) in [5.41, 5.74) is -0.613. The molecule has 0 spiro atoms. The van der Waals surface area contributed by atoms with Crippen molar-refractivity contribution >= 4 is 33.4 Å². The van der Waals surface area contributed by atoms with Gasteiger partial charge in [0, 0.05) is 18.0 Å². The quantitative estimate of drug-likeness (QED) is 0.586. The SMILES string of the molecule is CC(=O)NCC1CN(S(=O)(=O)c2ccc(F)cc2)c2cc(NC(=O)OC(C)(C)C(C)(C)C)ccc2O1. The number of carbonyl (C=O) groups excluding carboxylic acids is 2. The van der Waals surface area contributed by atoms with Gasteiger partial charge in [-0.1, -0.05) is 20.8 Å². The summed E-state index contributed by atoms with van der Waals surface area (Å²) >= 11 is 0. The fourth-order valence-electron chi connectivity index (χ4n) is 3.24. The fourth-order valence-corrected chi connectivity index (χ4v) is 4.74. The standard InChI is InChI=1S/C25H32FN3O6S/c1-16(30)27-14-19-15-29(36(32,33)20-10-7-17(26)8-11-20)21-13-18(9-12-22(21)34-19)28-23(31)35-25(5,6)24(2,3)4/h7-13,19H,14-15H2,1-6H3,(H,27,30)(H,28,31). The molecule has 3 rings (SSSR count). The Morgan fingerprint density at radius 3 is 2.33 bits per heavy atom. The van der Waals surface area contributed by atoms with Crippen LogP contribution in [0.15, 0.2) is 47.4 Å². The Labute approximate surface area is 211 Å². The number of rotatable bonds is 6. The van der Waals surface area contributed by atoms with E-state index in [4.69, 9.17) is 9.47 Å². The number of nitrogens with one attached hydrogen (secondary N) is 2. The lowest BCUT2D eigenvalue weighted by molar-refractivity contribution is -0.119.